The fourth-order valence-corrected chi connectivity index (χ4v) is 4.48. The molecule has 0 aromatic heterocycles. The highest BCUT2D eigenvalue weighted by molar-refractivity contribution is 7.93. The van der Waals surface area contributed by atoms with Crippen LogP contribution in [0, 0.1) is 5.92 Å². The lowest BCUT2D eigenvalue weighted by molar-refractivity contribution is -0.118. The van der Waals surface area contributed by atoms with Crippen LogP contribution in [-0.2, 0) is 14.8 Å². The average Bonchev–Trinajstić information content (AvgIpc) is 3.00. The maximum atomic E-state index is 13.0. The minimum atomic E-state index is -3.89. The Balaban J connectivity index is 1.65. The highest BCUT2D eigenvalue weighted by Gasteiger charge is 2.26. The highest BCUT2D eigenvalue weighted by Crippen LogP contribution is 2.37. The number of rotatable bonds is 5. The van der Waals surface area contributed by atoms with Crippen molar-refractivity contribution in [2.24, 2.45) is 5.92 Å². The van der Waals surface area contributed by atoms with Crippen LogP contribution in [0.1, 0.15) is 24.2 Å². The van der Waals surface area contributed by atoms with Crippen molar-refractivity contribution in [2.75, 3.05) is 15.4 Å². The summed E-state index contributed by atoms with van der Waals surface area (Å²) in [4.78, 5) is 23.9. The Morgan fingerprint density at radius 3 is 2.34 bits per heavy atom. The van der Waals surface area contributed by atoms with Gasteiger partial charge in [-0.25, -0.2) is 8.42 Å². The maximum absolute atomic E-state index is 13.0. The van der Waals surface area contributed by atoms with E-state index in [1.807, 2.05) is 0 Å². The van der Waals surface area contributed by atoms with E-state index in [4.69, 9.17) is 0 Å². The van der Waals surface area contributed by atoms with E-state index >= 15 is 0 Å². The molecular weight excluding hydrogens is 390 g/mol. The van der Waals surface area contributed by atoms with Gasteiger partial charge in [0, 0.05) is 39.3 Å². The number of anilines is 3. The molecule has 0 aliphatic carbocycles. The van der Waals surface area contributed by atoms with Crippen LogP contribution in [0.25, 0.3) is 10.8 Å². The number of carbonyl (C=O) groups excluding carboxylic acids is 2. The summed E-state index contributed by atoms with van der Waals surface area (Å²) in [6.45, 7) is 3.58. The number of hydrogen-bond donors (Lipinski definition) is 3. The van der Waals surface area contributed by atoms with Crippen molar-refractivity contribution in [1.29, 1.82) is 0 Å². The molecule has 7 nitrogen and oxygen atoms in total. The van der Waals surface area contributed by atoms with Crippen molar-refractivity contribution in [2.45, 2.75) is 18.7 Å². The van der Waals surface area contributed by atoms with E-state index in [-0.39, 0.29) is 22.6 Å². The molecule has 0 bridgehead atoms. The largest absolute Gasteiger partial charge is 0.326 e. The quantitative estimate of drug-likeness (QED) is 0.596. The third-order valence-corrected chi connectivity index (χ3v) is 6.15. The van der Waals surface area contributed by atoms with Crippen LogP contribution in [0.2, 0.25) is 0 Å². The second-order valence-electron chi connectivity index (χ2n) is 7.12. The van der Waals surface area contributed by atoms with Crippen LogP contribution < -0.4 is 15.4 Å². The van der Waals surface area contributed by atoms with Gasteiger partial charge in [-0.3, -0.25) is 14.3 Å². The van der Waals surface area contributed by atoms with Gasteiger partial charge in [0.15, 0.2) is 0 Å². The summed E-state index contributed by atoms with van der Waals surface area (Å²) >= 11 is 0. The van der Waals surface area contributed by atoms with Crippen molar-refractivity contribution in [3.05, 3.63) is 60.2 Å². The fourth-order valence-electron chi connectivity index (χ4n) is 3.22. The summed E-state index contributed by atoms with van der Waals surface area (Å²) in [6, 6.07) is 14.5. The monoisotopic (exact) mass is 409 g/mol. The Bertz CT molecular complexity index is 1250. The topological polar surface area (TPSA) is 104 Å². The second-order valence-corrected chi connectivity index (χ2v) is 8.77. The molecule has 3 N–H and O–H groups in total. The van der Waals surface area contributed by atoms with Crippen molar-refractivity contribution >= 4 is 49.7 Å². The van der Waals surface area contributed by atoms with Crippen LogP contribution in [0.5, 0.6) is 0 Å². The van der Waals surface area contributed by atoms with E-state index in [1.54, 1.807) is 62.4 Å². The molecule has 0 saturated carbocycles. The van der Waals surface area contributed by atoms with E-state index in [1.165, 1.54) is 6.07 Å². The fraction of sp³-hybridized carbons (Fsp3) is 0.143. The van der Waals surface area contributed by atoms with Crippen LogP contribution in [-0.4, -0.2) is 20.2 Å². The molecule has 3 aromatic carbocycles. The molecule has 0 unspecified atom stereocenters. The number of benzene rings is 3. The normalized spacial score (nSPS) is 12.9. The summed E-state index contributed by atoms with van der Waals surface area (Å²) < 4.78 is 28.6. The molecule has 4 rings (SSSR count). The van der Waals surface area contributed by atoms with Gasteiger partial charge >= 0.3 is 0 Å². The van der Waals surface area contributed by atoms with Gasteiger partial charge in [0.05, 0.1) is 4.90 Å². The minimum Gasteiger partial charge on any atom is -0.326 e. The number of carbonyl (C=O) groups is 2. The molecular formula is C21H19N3O4S. The molecule has 0 spiro atoms. The van der Waals surface area contributed by atoms with Gasteiger partial charge < -0.3 is 10.6 Å². The van der Waals surface area contributed by atoms with Gasteiger partial charge in [-0.05, 0) is 42.5 Å². The third-order valence-electron chi connectivity index (χ3n) is 4.71. The molecule has 1 aliphatic rings. The molecule has 0 atom stereocenters. The number of hydrogen-bond acceptors (Lipinski definition) is 4. The summed E-state index contributed by atoms with van der Waals surface area (Å²) in [5.41, 5.74) is 2.01. The van der Waals surface area contributed by atoms with Crippen molar-refractivity contribution in [3.8, 4) is 0 Å². The van der Waals surface area contributed by atoms with Gasteiger partial charge in [0.2, 0.25) is 5.91 Å². The molecule has 1 aliphatic heterocycles. The zero-order valence-electron chi connectivity index (χ0n) is 15.8. The third kappa shape index (κ3) is 3.42. The molecule has 2 amide bonds. The predicted molar refractivity (Wildman–Crippen MR) is 113 cm³/mol. The molecule has 0 radical (unpaired) electrons. The van der Waals surface area contributed by atoms with Crippen LogP contribution in [0.3, 0.4) is 0 Å². The number of nitrogens with one attached hydrogen (secondary N) is 3. The van der Waals surface area contributed by atoms with Crippen molar-refractivity contribution < 1.29 is 18.0 Å². The first-order valence-corrected chi connectivity index (χ1v) is 10.6. The molecule has 148 valence electrons. The first-order chi connectivity index (χ1) is 13.8. The number of amides is 2. The Hall–Kier alpha value is -3.39. The highest BCUT2D eigenvalue weighted by atomic mass is 32.2. The smallest absolute Gasteiger partial charge is 0.262 e. The molecule has 1 heterocycles. The molecule has 0 fully saturated rings. The van der Waals surface area contributed by atoms with Crippen molar-refractivity contribution in [3.63, 3.8) is 0 Å². The second kappa shape index (κ2) is 6.89. The minimum absolute atomic E-state index is 0.0896. The van der Waals surface area contributed by atoms with E-state index < -0.39 is 10.0 Å². The first kappa shape index (κ1) is 18.9. The Kier molecular flexibility index (Phi) is 4.50. The Labute approximate surface area is 168 Å². The van der Waals surface area contributed by atoms with Gasteiger partial charge in [0.25, 0.3) is 15.9 Å². The van der Waals surface area contributed by atoms with E-state index in [0.29, 0.717) is 33.4 Å². The predicted octanol–water partition coefficient (Wildman–Crippen LogP) is 3.80. The van der Waals surface area contributed by atoms with Gasteiger partial charge in [-0.2, -0.15) is 0 Å². The molecule has 8 heteroatoms. The lowest BCUT2D eigenvalue weighted by atomic mass is 10.1. The summed E-state index contributed by atoms with van der Waals surface area (Å²) in [7, 11) is -3.89. The Morgan fingerprint density at radius 2 is 1.66 bits per heavy atom. The summed E-state index contributed by atoms with van der Waals surface area (Å²) in [5, 5.41) is 6.58. The zero-order valence-corrected chi connectivity index (χ0v) is 16.6. The molecule has 3 aromatic rings. The summed E-state index contributed by atoms with van der Waals surface area (Å²) in [6.07, 6.45) is 0. The number of sulfonamides is 1. The average molecular weight is 409 g/mol. The van der Waals surface area contributed by atoms with Gasteiger partial charge in [-0.1, -0.05) is 26.0 Å². The maximum Gasteiger partial charge on any atom is 0.262 e. The van der Waals surface area contributed by atoms with Gasteiger partial charge in [0.1, 0.15) is 0 Å². The standard InChI is InChI=1S/C21H19N3O4S/c1-12(2)20(25)22-13-6-8-14(9-7-13)24-29(27,28)18-11-10-17-19-15(18)4-3-5-16(19)21(26)23-17/h3-12,24H,1-2H3,(H,22,25)(H,23,26). The van der Waals surface area contributed by atoms with E-state index in [2.05, 4.69) is 15.4 Å². The Morgan fingerprint density at radius 1 is 0.966 bits per heavy atom. The van der Waals surface area contributed by atoms with E-state index in [0.717, 1.165) is 0 Å². The van der Waals surface area contributed by atoms with E-state index in [9.17, 15) is 18.0 Å². The van der Waals surface area contributed by atoms with Gasteiger partial charge in [-0.15, -0.1) is 0 Å². The zero-order chi connectivity index (χ0) is 20.8. The van der Waals surface area contributed by atoms with Crippen molar-refractivity contribution in [1.82, 2.24) is 0 Å². The molecule has 0 saturated heterocycles. The SMILES string of the molecule is CC(C)C(=O)Nc1ccc(NS(=O)(=O)c2ccc3c4c(cccc24)C(=O)N3)cc1. The van der Waals surface area contributed by atoms with Crippen LogP contribution in [0.4, 0.5) is 17.1 Å². The lowest BCUT2D eigenvalue weighted by Gasteiger charge is -2.12. The van der Waals surface area contributed by atoms with Crippen LogP contribution >= 0.6 is 0 Å². The summed E-state index contributed by atoms with van der Waals surface area (Å²) in [5.74, 6) is -0.514. The lowest BCUT2D eigenvalue weighted by Crippen LogP contribution is -2.17. The molecule has 29 heavy (non-hydrogen) atoms. The first-order valence-electron chi connectivity index (χ1n) is 9.07. The van der Waals surface area contributed by atoms with Crippen LogP contribution in [0.15, 0.2) is 59.5 Å².